The molecule has 0 unspecified atom stereocenters. The molecule has 0 aromatic carbocycles. The summed E-state index contributed by atoms with van der Waals surface area (Å²) in [5, 5.41) is 0. The summed E-state index contributed by atoms with van der Waals surface area (Å²) >= 11 is 0. The minimum atomic E-state index is 0.711. The van der Waals surface area contributed by atoms with Gasteiger partial charge in [-0.3, -0.25) is 20.0 Å². The zero-order valence-corrected chi connectivity index (χ0v) is 9.82. The normalized spacial score (nSPS) is 14.9. The molecule has 2 aromatic heterocycles. The first-order chi connectivity index (χ1) is 8.95. The highest BCUT2D eigenvalue weighted by Crippen LogP contribution is 2.09. The molecular formula is C14H12N4. The zero-order chi connectivity index (χ0) is 12.2. The number of rotatable bonds is 2. The largest absolute Gasteiger partial charge is 0.279 e. The van der Waals surface area contributed by atoms with Gasteiger partial charge in [0.15, 0.2) is 0 Å². The van der Waals surface area contributed by atoms with Gasteiger partial charge in [0.1, 0.15) is 11.4 Å². The van der Waals surface area contributed by atoms with Crippen LogP contribution in [0.4, 0.5) is 0 Å². The highest BCUT2D eigenvalue weighted by molar-refractivity contribution is 6.53. The molecule has 0 spiro atoms. The van der Waals surface area contributed by atoms with Crippen molar-refractivity contribution in [3.8, 4) is 0 Å². The number of pyridine rings is 2. The van der Waals surface area contributed by atoms with Gasteiger partial charge in [-0.15, -0.1) is 0 Å². The van der Waals surface area contributed by atoms with Crippen LogP contribution in [0.5, 0.6) is 0 Å². The summed E-state index contributed by atoms with van der Waals surface area (Å²) in [5.74, 6) is 0. The molecule has 88 valence electrons. The van der Waals surface area contributed by atoms with Crippen molar-refractivity contribution in [2.75, 3.05) is 13.1 Å². The SMILES string of the molecule is c1ccc(C2=NCCN=C2c2ccccn2)nc1. The van der Waals surface area contributed by atoms with Crippen LogP contribution in [-0.2, 0) is 0 Å². The third kappa shape index (κ3) is 2.05. The van der Waals surface area contributed by atoms with Crippen molar-refractivity contribution in [3.05, 3.63) is 60.2 Å². The van der Waals surface area contributed by atoms with Gasteiger partial charge in [-0.05, 0) is 24.3 Å². The molecule has 3 heterocycles. The fourth-order valence-electron chi connectivity index (χ4n) is 1.88. The molecule has 0 bridgehead atoms. The van der Waals surface area contributed by atoms with E-state index in [0.29, 0.717) is 13.1 Å². The molecule has 1 aliphatic heterocycles. The van der Waals surface area contributed by atoms with Crippen LogP contribution < -0.4 is 0 Å². The van der Waals surface area contributed by atoms with Gasteiger partial charge in [-0.1, -0.05) is 12.1 Å². The second kappa shape index (κ2) is 4.87. The summed E-state index contributed by atoms with van der Waals surface area (Å²) in [6.07, 6.45) is 3.53. The van der Waals surface area contributed by atoms with Crippen LogP contribution in [0.15, 0.2) is 58.8 Å². The molecule has 0 amide bonds. The molecule has 2 aromatic rings. The minimum absolute atomic E-state index is 0.711. The van der Waals surface area contributed by atoms with Crippen molar-refractivity contribution < 1.29 is 0 Å². The smallest absolute Gasteiger partial charge is 0.111 e. The Bertz CT molecular complexity index is 532. The van der Waals surface area contributed by atoms with Crippen molar-refractivity contribution in [2.24, 2.45) is 9.98 Å². The molecule has 3 rings (SSSR count). The Balaban J connectivity index is 2.04. The van der Waals surface area contributed by atoms with Crippen LogP contribution in [0.3, 0.4) is 0 Å². The van der Waals surface area contributed by atoms with Gasteiger partial charge in [0, 0.05) is 12.4 Å². The molecule has 0 saturated carbocycles. The lowest BCUT2D eigenvalue weighted by Crippen LogP contribution is -2.24. The molecule has 0 aliphatic carbocycles. The van der Waals surface area contributed by atoms with Gasteiger partial charge in [0.05, 0.1) is 24.5 Å². The van der Waals surface area contributed by atoms with Gasteiger partial charge < -0.3 is 0 Å². The lowest BCUT2D eigenvalue weighted by molar-refractivity contribution is 0.959. The Hall–Kier alpha value is -2.36. The fourth-order valence-corrected chi connectivity index (χ4v) is 1.88. The Morgan fingerprint density at radius 2 is 1.17 bits per heavy atom. The lowest BCUT2D eigenvalue weighted by atomic mass is 10.1. The number of nitrogens with zero attached hydrogens (tertiary/aromatic N) is 4. The van der Waals surface area contributed by atoms with Crippen LogP contribution in [-0.4, -0.2) is 34.5 Å². The van der Waals surface area contributed by atoms with E-state index in [9.17, 15) is 0 Å². The number of aromatic nitrogens is 2. The van der Waals surface area contributed by atoms with Crippen molar-refractivity contribution in [1.82, 2.24) is 9.97 Å². The van der Waals surface area contributed by atoms with Crippen molar-refractivity contribution in [2.45, 2.75) is 0 Å². The van der Waals surface area contributed by atoms with Gasteiger partial charge in [0.2, 0.25) is 0 Å². The van der Waals surface area contributed by atoms with Crippen LogP contribution in [0.25, 0.3) is 0 Å². The lowest BCUT2D eigenvalue weighted by Gasteiger charge is -2.13. The van der Waals surface area contributed by atoms with E-state index in [4.69, 9.17) is 0 Å². The molecule has 0 radical (unpaired) electrons. The summed E-state index contributed by atoms with van der Waals surface area (Å²) in [6, 6.07) is 11.6. The summed E-state index contributed by atoms with van der Waals surface area (Å²) in [5.41, 5.74) is 3.37. The van der Waals surface area contributed by atoms with Crippen LogP contribution in [0.1, 0.15) is 11.4 Å². The monoisotopic (exact) mass is 236 g/mol. The summed E-state index contributed by atoms with van der Waals surface area (Å²) in [7, 11) is 0. The van der Waals surface area contributed by atoms with Crippen molar-refractivity contribution >= 4 is 11.4 Å². The Morgan fingerprint density at radius 1 is 0.667 bits per heavy atom. The van der Waals surface area contributed by atoms with Gasteiger partial charge in [0.25, 0.3) is 0 Å². The molecule has 4 nitrogen and oxygen atoms in total. The molecule has 0 atom stereocenters. The molecule has 0 N–H and O–H groups in total. The Kier molecular flexibility index (Phi) is 2.92. The first-order valence-electron chi connectivity index (χ1n) is 5.87. The van der Waals surface area contributed by atoms with E-state index >= 15 is 0 Å². The van der Waals surface area contributed by atoms with E-state index in [-0.39, 0.29) is 0 Å². The predicted octanol–water partition coefficient (Wildman–Crippen LogP) is 1.77. The number of aliphatic imine (C=N–C) groups is 2. The van der Waals surface area contributed by atoms with Gasteiger partial charge >= 0.3 is 0 Å². The topological polar surface area (TPSA) is 50.5 Å². The Morgan fingerprint density at radius 3 is 1.56 bits per heavy atom. The van der Waals surface area contributed by atoms with E-state index in [1.807, 2.05) is 36.4 Å². The Labute approximate surface area is 105 Å². The zero-order valence-electron chi connectivity index (χ0n) is 9.82. The molecule has 0 saturated heterocycles. The highest BCUT2D eigenvalue weighted by atomic mass is 14.9. The third-order valence-corrected chi connectivity index (χ3v) is 2.68. The van der Waals surface area contributed by atoms with E-state index in [0.717, 1.165) is 22.8 Å². The fraction of sp³-hybridized carbons (Fsp3) is 0.143. The average molecular weight is 236 g/mol. The van der Waals surface area contributed by atoms with Gasteiger partial charge in [-0.2, -0.15) is 0 Å². The van der Waals surface area contributed by atoms with Crippen molar-refractivity contribution in [1.29, 1.82) is 0 Å². The second-order valence-electron chi connectivity index (χ2n) is 3.89. The summed E-state index contributed by atoms with van der Waals surface area (Å²) in [4.78, 5) is 17.8. The second-order valence-corrected chi connectivity index (χ2v) is 3.89. The van der Waals surface area contributed by atoms with Crippen molar-refractivity contribution in [3.63, 3.8) is 0 Å². The van der Waals surface area contributed by atoms with Crippen LogP contribution in [0.2, 0.25) is 0 Å². The first kappa shape index (κ1) is 10.8. The standard InChI is InChI=1S/C14H12N4/c1-3-7-15-11(5-1)13-14(18-10-9-17-13)12-6-2-4-8-16-12/h1-8H,9-10H2. The maximum absolute atomic E-state index is 4.54. The molecular weight excluding hydrogens is 224 g/mol. The maximum Gasteiger partial charge on any atom is 0.111 e. The number of hydrogen-bond donors (Lipinski definition) is 0. The van der Waals surface area contributed by atoms with E-state index in [1.54, 1.807) is 12.4 Å². The predicted molar refractivity (Wildman–Crippen MR) is 71.3 cm³/mol. The molecule has 18 heavy (non-hydrogen) atoms. The van der Waals surface area contributed by atoms with E-state index < -0.39 is 0 Å². The quantitative estimate of drug-likeness (QED) is 0.797. The molecule has 4 heteroatoms. The van der Waals surface area contributed by atoms with Crippen LogP contribution in [0, 0.1) is 0 Å². The number of hydrogen-bond acceptors (Lipinski definition) is 4. The highest BCUT2D eigenvalue weighted by Gasteiger charge is 2.18. The summed E-state index contributed by atoms with van der Waals surface area (Å²) in [6.45, 7) is 1.42. The van der Waals surface area contributed by atoms with E-state index in [2.05, 4.69) is 20.0 Å². The van der Waals surface area contributed by atoms with Crippen LogP contribution >= 0.6 is 0 Å². The minimum Gasteiger partial charge on any atom is -0.279 e. The third-order valence-electron chi connectivity index (χ3n) is 2.68. The molecule has 1 aliphatic rings. The van der Waals surface area contributed by atoms with Gasteiger partial charge in [-0.25, -0.2) is 0 Å². The summed E-state index contributed by atoms with van der Waals surface area (Å²) < 4.78 is 0. The van der Waals surface area contributed by atoms with E-state index in [1.165, 1.54) is 0 Å². The maximum atomic E-state index is 4.54. The average Bonchev–Trinajstić information content (AvgIpc) is 2.49. The molecule has 0 fully saturated rings. The first-order valence-corrected chi connectivity index (χ1v) is 5.87.